The molecule has 6 nitrogen and oxygen atoms in total. The molecular formula is C15H22N2O4S. The highest BCUT2D eigenvalue weighted by atomic mass is 32.2. The summed E-state index contributed by atoms with van der Waals surface area (Å²) in [6, 6.07) is 5.58. The number of piperidine rings is 1. The quantitative estimate of drug-likeness (QED) is 0.844. The Labute approximate surface area is 131 Å². The number of rotatable bonds is 4. The van der Waals surface area contributed by atoms with E-state index >= 15 is 0 Å². The Kier molecular flexibility index (Phi) is 4.56. The fraction of sp³-hybridized carbons (Fsp3) is 0.600. The van der Waals surface area contributed by atoms with E-state index in [2.05, 4.69) is 0 Å². The molecule has 0 N–H and O–H groups in total. The van der Waals surface area contributed by atoms with Crippen molar-refractivity contribution >= 4 is 10.2 Å². The van der Waals surface area contributed by atoms with Gasteiger partial charge in [0.2, 0.25) is 0 Å². The molecule has 1 aromatic rings. The molecule has 2 heterocycles. The highest BCUT2D eigenvalue weighted by Gasteiger charge is 2.28. The second-order valence-electron chi connectivity index (χ2n) is 5.70. The first kappa shape index (κ1) is 15.6. The topological polar surface area (TPSA) is 59.1 Å². The average molecular weight is 326 g/mol. The molecule has 1 fully saturated rings. The van der Waals surface area contributed by atoms with Crippen LogP contribution in [0.25, 0.3) is 0 Å². The van der Waals surface area contributed by atoms with Crippen molar-refractivity contribution in [2.75, 3.05) is 33.4 Å². The summed E-state index contributed by atoms with van der Waals surface area (Å²) in [7, 11) is -1.76. The van der Waals surface area contributed by atoms with Crippen LogP contribution >= 0.6 is 0 Å². The molecular weight excluding hydrogens is 304 g/mol. The van der Waals surface area contributed by atoms with Gasteiger partial charge < -0.3 is 9.47 Å². The third kappa shape index (κ3) is 3.21. The monoisotopic (exact) mass is 326 g/mol. The van der Waals surface area contributed by atoms with E-state index in [0.717, 1.165) is 30.6 Å². The van der Waals surface area contributed by atoms with Gasteiger partial charge in [0.05, 0.1) is 0 Å². The largest absolute Gasteiger partial charge is 0.486 e. The maximum atomic E-state index is 12.6. The van der Waals surface area contributed by atoms with Crippen LogP contribution in [0.2, 0.25) is 0 Å². The molecule has 0 aliphatic carbocycles. The highest BCUT2D eigenvalue weighted by Crippen LogP contribution is 2.31. The van der Waals surface area contributed by atoms with Crippen LogP contribution in [0.15, 0.2) is 18.2 Å². The zero-order valence-electron chi connectivity index (χ0n) is 12.8. The van der Waals surface area contributed by atoms with Crippen LogP contribution in [-0.4, -0.2) is 50.4 Å². The molecule has 3 rings (SSSR count). The van der Waals surface area contributed by atoms with E-state index < -0.39 is 10.2 Å². The molecule has 0 radical (unpaired) electrons. The van der Waals surface area contributed by atoms with Crippen molar-refractivity contribution in [1.29, 1.82) is 0 Å². The van der Waals surface area contributed by atoms with Gasteiger partial charge in [-0.2, -0.15) is 17.0 Å². The minimum atomic E-state index is -3.39. The van der Waals surface area contributed by atoms with Crippen LogP contribution in [0.5, 0.6) is 11.5 Å². The van der Waals surface area contributed by atoms with Crippen LogP contribution in [0.1, 0.15) is 24.8 Å². The lowest BCUT2D eigenvalue weighted by Crippen LogP contribution is -2.44. The minimum absolute atomic E-state index is 0.329. The Bertz CT molecular complexity index is 626. The van der Waals surface area contributed by atoms with Gasteiger partial charge >= 0.3 is 0 Å². The van der Waals surface area contributed by atoms with E-state index in [4.69, 9.17) is 9.47 Å². The second-order valence-corrected chi connectivity index (χ2v) is 7.74. The van der Waals surface area contributed by atoms with Gasteiger partial charge in [-0.25, -0.2) is 0 Å². The van der Waals surface area contributed by atoms with Crippen molar-refractivity contribution in [3.8, 4) is 11.5 Å². The van der Waals surface area contributed by atoms with E-state index in [0.29, 0.717) is 38.6 Å². The average Bonchev–Trinajstić information content (AvgIpc) is 2.55. The number of hydrogen-bond acceptors (Lipinski definition) is 4. The van der Waals surface area contributed by atoms with Crippen molar-refractivity contribution < 1.29 is 17.9 Å². The molecule has 0 unspecified atom stereocenters. The Morgan fingerprint density at radius 3 is 2.50 bits per heavy atom. The van der Waals surface area contributed by atoms with Crippen molar-refractivity contribution in [2.24, 2.45) is 0 Å². The van der Waals surface area contributed by atoms with E-state index in [1.54, 1.807) is 11.4 Å². The van der Waals surface area contributed by atoms with E-state index in [9.17, 15) is 8.42 Å². The molecule has 1 aromatic carbocycles. The molecule has 22 heavy (non-hydrogen) atoms. The van der Waals surface area contributed by atoms with Crippen molar-refractivity contribution in [1.82, 2.24) is 8.61 Å². The number of benzene rings is 1. The summed E-state index contributed by atoms with van der Waals surface area (Å²) >= 11 is 0. The molecule has 2 aliphatic heterocycles. The van der Waals surface area contributed by atoms with E-state index in [-0.39, 0.29) is 0 Å². The molecule has 122 valence electrons. The number of nitrogens with zero attached hydrogens (tertiary/aromatic N) is 2. The number of fused-ring (bicyclic) bond motifs is 1. The molecule has 7 heteroatoms. The standard InChI is InChI=1S/C15H22N2O4S/c1-16(22(18,19)17-7-3-2-4-8-17)12-13-5-6-14-15(11-13)21-10-9-20-14/h5-6,11H,2-4,7-10,12H2,1H3. The smallest absolute Gasteiger partial charge is 0.282 e. The summed E-state index contributed by atoms with van der Waals surface area (Å²) in [6.45, 7) is 2.64. The Morgan fingerprint density at radius 2 is 1.77 bits per heavy atom. The van der Waals surface area contributed by atoms with Crippen molar-refractivity contribution in [3.63, 3.8) is 0 Å². The first-order valence-electron chi connectivity index (χ1n) is 7.67. The lowest BCUT2D eigenvalue weighted by molar-refractivity contribution is 0.171. The summed E-state index contributed by atoms with van der Waals surface area (Å²) < 4.78 is 39.2. The van der Waals surface area contributed by atoms with Gasteiger partial charge in [0.15, 0.2) is 11.5 Å². The summed E-state index contributed by atoms with van der Waals surface area (Å²) in [5.41, 5.74) is 0.896. The van der Waals surface area contributed by atoms with Gasteiger partial charge in [0, 0.05) is 26.7 Å². The highest BCUT2D eigenvalue weighted by molar-refractivity contribution is 7.86. The predicted octanol–water partition coefficient (Wildman–Crippen LogP) is 1.62. The van der Waals surface area contributed by atoms with Gasteiger partial charge in [-0.05, 0) is 30.5 Å². The van der Waals surface area contributed by atoms with Gasteiger partial charge in [-0.1, -0.05) is 12.5 Å². The maximum absolute atomic E-state index is 12.6. The van der Waals surface area contributed by atoms with Gasteiger partial charge in [0.1, 0.15) is 13.2 Å². The van der Waals surface area contributed by atoms with Gasteiger partial charge in [-0.3, -0.25) is 0 Å². The van der Waals surface area contributed by atoms with Gasteiger partial charge in [-0.15, -0.1) is 0 Å². The number of hydrogen-bond donors (Lipinski definition) is 0. The van der Waals surface area contributed by atoms with Gasteiger partial charge in [0.25, 0.3) is 10.2 Å². The number of ether oxygens (including phenoxy) is 2. The molecule has 0 amide bonds. The first-order valence-corrected chi connectivity index (χ1v) is 9.07. The lowest BCUT2D eigenvalue weighted by atomic mass is 10.2. The molecule has 0 spiro atoms. The molecule has 0 aromatic heterocycles. The third-order valence-corrected chi connectivity index (χ3v) is 5.98. The molecule has 0 saturated carbocycles. The summed E-state index contributed by atoms with van der Waals surface area (Å²) in [6.07, 6.45) is 2.99. The van der Waals surface area contributed by atoms with Crippen LogP contribution in [0, 0.1) is 0 Å². The van der Waals surface area contributed by atoms with Crippen LogP contribution in [0.4, 0.5) is 0 Å². The Hall–Kier alpha value is -1.31. The lowest BCUT2D eigenvalue weighted by Gasteiger charge is -2.30. The van der Waals surface area contributed by atoms with E-state index in [1.165, 1.54) is 4.31 Å². The normalized spacial score (nSPS) is 19.4. The summed E-state index contributed by atoms with van der Waals surface area (Å²) in [5.74, 6) is 1.41. The zero-order valence-corrected chi connectivity index (χ0v) is 13.6. The SMILES string of the molecule is CN(Cc1ccc2c(c1)OCCO2)S(=O)(=O)N1CCCCC1. The molecule has 2 aliphatic rings. The third-order valence-electron chi connectivity index (χ3n) is 4.05. The summed E-state index contributed by atoms with van der Waals surface area (Å²) in [5, 5.41) is 0. The predicted molar refractivity (Wildman–Crippen MR) is 83.2 cm³/mol. The van der Waals surface area contributed by atoms with E-state index in [1.807, 2.05) is 18.2 Å². The first-order chi connectivity index (χ1) is 10.6. The summed E-state index contributed by atoms with van der Waals surface area (Å²) in [4.78, 5) is 0. The van der Waals surface area contributed by atoms with Crippen LogP contribution in [0.3, 0.4) is 0 Å². The molecule has 0 bridgehead atoms. The van der Waals surface area contributed by atoms with Crippen molar-refractivity contribution in [2.45, 2.75) is 25.8 Å². The van der Waals surface area contributed by atoms with Crippen molar-refractivity contribution in [3.05, 3.63) is 23.8 Å². The Balaban J connectivity index is 1.71. The Morgan fingerprint density at radius 1 is 1.09 bits per heavy atom. The fourth-order valence-corrected chi connectivity index (χ4v) is 4.24. The molecule has 1 saturated heterocycles. The van der Waals surface area contributed by atoms with Crippen LogP contribution < -0.4 is 9.47 Å². The second kappa shape index (κ2) is 6.44. The zero-order chi connectivity index (χ0) is 15.6. The van der Waals surface area contributed by atoms with Crippen LogP contribution in [-0.2, 0) is 16.8 Å². The molecule has 0 atom stereocenters. The fourth-order valence-electron chi connectivity index (χ4n) is 2.82. The minimum Gasteiger partial charge on any atom is -0.486 e. The maximum Gasteiger partial charge on any atom is 0.282 e.